The van der Waals surface area contributed by atoms with Crippen molar-refractivity contribution in [2.75, 3.05) is 18.4 Å². The van der Waals surface area contributed by atoms with Crippen LogP contribution in [-0.2, 0) is 9.59 Å². The third-order valence-corrected chi connectivity index (χ3v) is 5.38. The predicted molar refractivity (Wildman–Crippen MR) is 100 cm³/mol. The van der Waals surface area contributed by atoms with Crippen LogP contribution in [0.4, 0.5) is 5.69 Å². The molecule has 0 saturated carbocycles. The average Bonchev–Trinajstić information content (AvgIpc) is 3.02. The molecular formula is C18H23Cl2N3O2. The smallest absolute Gasteiger partial charge is 0.247 e. The maximum atomic E-state index is 12.9. The third-order valence-electron chi connectivity index (χ3n) is 4.94. The monoisotopic (exact) mass is 383 g/mol. The first-order valence-electron chi connectivity index (χ1n) is 8.75. The zero-order valence-corrected chi connectivity index (χ0v) is 15.7. The van der Waals surface area contributed by atoms with Crippen LogP contribution in [0.3, 0.4) is 0 Å². The van der Waals surface area contributed by atoms with Gasteiger partial charge in [0, 0.05) is 34.2 Å². The summed E-state index contributed by atoms with van der Waals surface area (Å²) in [5, 5.41) is 7.14. The van der Waals surface area contributed by atoms with E-state index in [2.05, 4.69) is 17.6 Å². The summed E-state index contributed by atoms with van der Waals surface area (Å²) in [7, 11) is 0. The molecule has 0 aliphatic carbocycles. The molecule has 5 nitrogen and oxygen atoms in total. The Morgan fingerprint density at radius 2 is 1.92 bits per heavy atom. The number of carbonyl (C=O) groups is 2. The molecule has 2 aliphatic rings. The van der Waals surface area contributed by atoms with Gasteiger partial charge < -0.3 is 15.5 Å². The first-order valence-corrected chi connectivity index (χ1v) is 9.50. The Bertz CT molecular complexity index is 647. The zero-order valence-electron chi connectivity index (χ0n) is 14.2. The molecule has 0 radical (unpaired) electrons. The van der Waals surface area contributed by atoms with E-state index in [4.69, 9.17) is 23.2 Å². The van der Waals surface area contributed by atoms with Gasteiger partial charge in [0.25, 0.3) is 0 Å². The van der Waals surface area contributed by atoms with Gasteiger partial charge in [-0.05, 0) is 57.4 Å². The molecule has 1 aromatic rings. The first-order chi connectivity index (χ1) is 11.9. The molecule has 136 valence electrons. The molecular weight excluding hydrogens is 361 g/mol. The lowest BCUT2D eigenvalue weighted by Crippen LogP contribution is -2.48. The van der Waals surface area contributed by atoms with Crippen LogP contribution in [0.2, 0.25) is 10.0 Å². The van der Waals surface area contributed by atoms with E-state index in [0.29, 0.717) is 34.7 Å². The van der Waals surface area contributed by atoms with Gasteiger partial charge in [-0.3, -0.25) is 9.59 Å². The zero-order chi connectivity index (χ0) is 18.0. The molecule has 0 bridgehead atoms. The molecule has 2 amide bonds. The van der Waals surface area contributed by atoms with E-state index in [9.17, 15) is 9.59 Å². The van der Waals surface area contributed by atoms with Crippen LogP contribution in [0.25, 0.3) is 0 Å². The molecule has 0 spiro atoms. The Morgan fingerprint density at radius 1 is 1.20 bits per heavy atom. The van der Waals surface area contributed by atoms with E-state index in [1.807, 2.05) is 0 Å². The summed E-state index contributed by atoms with van der Waals surface area (Å²) in [4.78, 5) is 27.3. The molecule has 25 heavy (non-hydrogen) atoms. The van der Waals surface area contributed by atoms with Gasteiger partial charge in [0.1, 0.15) is 6.04 Å². The second kappa shape index (κ2) is 7.94. The van der Waals surface area contributed by atoms with Crippen molar-refractivity contribution < 1.29 is 9.59 Å². The van der Waals surface area contributed by atoms with Gasteiger partial charge in [-0.2, -0.15) is 0 Å². The third kappa shape index (κ3) is 4.46. The van der Waals surface area contributed by atoms with Gasteiger partial charge in [-0.25, -0.2) is 0 Å². The summed E-state index contributed by atoms with van der Waals surface area (Å²) in [5.74, 6) is -0.0634. The maximum Gasteiger partial charge on any atom is 0.247 e. The lowest BCUT2D eigenvalue weighted by atomic mass is 9.91. The molecule has 2 heterocycles. The second-order valence-electron chi connectivity index (χ2n) is 6.91. The molecule has 7 heteroatoms. The minimum Gasteiger partial charge on any atom is -0.330 e. The highest BCUT2D eigenvalue weighted by atomic mass is 35.5. The van der Waals surface area contributed by atoms with Crippen LogP contribution in [0.1, 0.15) is 32.6 Å². The van der Waals surface area contributed by atoms with E-state index in [-0.39, 0.29) is 17.7 Å². The van der Waals surface area contributed by atoms with Gasteiger partial charge in [-0.15, -0.1) is 0 Å². The van der Waals surface area contributed by atoms with E-state index >= 15 is 0 Å². The van der Waals surface area contributed by atoms with Crippen LogP contribution in [-0.4, -0.2) is 41.9 Å². The number of hydrogen-bond acceptors (Lipinski definition) is 3. The van der Waals surface area contributed by atoms with E-state index in [0.717, 1.165) is 25.8 Å². The van der Waals surface area contributed by atoms with E-state index in [1.165, 1.54) is 0 Å². The summed E-state index contributed by atoms with van der Waals surface area (Å²) in [6.07, 6.45) is 3.19. The van der Waals surface area contributed by atoms with Crippen LogP contribution >= 0.6 is 23.2 Å². The number of rotatable bonds is 3. The van der Waals surface area contributed by atoms with Crippen molar-refractivity contribution in [2.24, 2.45) is 5.92 Å². The lowest BCUT2D eigenvalue weighted by Gasteiger charge is -2.32. The summed E-state index contributed by atoms with van der Waals surface area (Å²) in [5.41, 5.74) is 0.553. The number of halogens is 2. The van der Waals surface area contributed by atoms with Crippen LogP contribution in [0.5, 0.6) is 0 Å². The number of benzene rings is 1. The minimum atomic E-state index is -0.421. The number of hydrogen-bond donors (Lipinski definition) is 2. The molecule has 3 atom stereocenters. The molecule has 0 aromatic heterocycles. The molecule has 1 aromatic carbocycles. The summed E-state index contributed by atoms with van der Waals surface area (Å²) < 4.78 is 0. The van der Waals surface area contributed by atoms with Crippen molar-refractivity contribution >= 4 is 40.7 Å². The van der Waals surface area contributed by atoms with Crippen molar-refractivity contribution in [1.29, 1.82) is 0 Å². The van der Waals surface area contributed by atoms with Gasteiger partial charge in [0.05, 0.1) is 0 Å². The van der Waals surface area contributed by atoms with Crippen molar-refractivity contribution in [3.63, 3.8) is 0 Å². The van der Waals surface area contributed by atoms with Crippen molar-refractivity contribution in [3.05, 3.63) is 28.2 Å². The number of anilines is 1. The van der Waals surface area contributed by atoms with Crippen LogP contribution < -0.4 is 10.6 Å². The van der Waals surface area contributed by atoms with Gasteiger partial charge in [0.15, 0.2) is 0 Å². The van der Waals surface area contributed by atoms with E-state index < -0.39 is 6.04 Å². The Hall–Kier alpha value is -1.30. The number of nitrogens with one attached hydrogen (secondary N) is 2. The van der Waals surface area contributed by atoms with Crippen molar-refractivity contribution in [3.8, 4) is 0 Å². The standard InChI is InChI=1S/C18H23Cl2N3O2/c1-11-7-12(4-5-21-11)18(25)23-6-2-3-16(23)17(24)22-15-9-13(19)8-14(20)10-15/h8-12,16,21H,2-7H2,1H3,(H,22,24)/t11-,12-,16?/m0/s1. The number of nitrogens with zero attached hydrogens (tertiary/aromatic N) is 1. The predicted octanol–water partition coefficient (Wildman–Crippen LogP) is 3.31. The number of piperidine rings is 1. The Balaban J connectivity index is 1.68. The first kappa shape index (κ1) is 18.5. The number of amides is 2. The minimum absolute atomic E-state index is 0.00487. The van der Waals surface area contributed by atoms with Crippen molar-refractivity contribution in [1.82, 2.24) is 10.2 Å². The van der Waals surface area contributed by atoms with Gasteiger partial charge in [0.2, 0.25) is 11.8 Å². The maximum absolute atomic E-state index is 12.9. The quantitative estimate of drug-likeness (QED) is 0.841. The summed E-state index contributed by atoms with van der Waals surface area (Å²) in [6.45, 7) is 3.59. The molecule has 2 saturated heterocycles. The summed E-state index contributed by atoms with van der Waals surface area (Å²) >= 11 is 12.0. The fraction of sp³-hybridized carbons (Fsp3) is 0.556. The fourth-order valence-electron chi connectivity index (χ4n) is 3.75. The highest BCUT2D eigenvalue weighted by Crippen LogP contribution is 2.27. The van der Waals surface area contributed by atoms with E-state index in [1.54, 1.807) is 23.1 Å². The van der Waals surface area contributed by atoms with Crippen molar-refractivity contribution in [2.45, 2.75) is 44.7 Å². The lowest BCUT2D eigenvalue weighted by molar-refractivity contribution is -0.141. The highest BCUT2D eigenvalue weighted by Gasteiger charge is 2.38. The van der Waals surface area contributed by atoms with Gasteiger partial charge in [-0.1, -0.05) is 23.2 Å². The number of likely N-dealkylation sites (tertiary alicyclic amines) is 1. The normalized spacial score (nSPS) is 26.5. The van der Waals surface area contributed by atoms with Crippen LogP contribution in [0.15, 0.2) is 18.2 Å². The topological polar surface area (TPSA) is 61.4 Å². The molecule has 3 rings (SSSR count). The molecule has 1 unspecified atom stereocenters. The fourth-order valence-corrected chi connectivity index (χ4v) is 4.27. The second-order valence-corrected chi connectivity index (χ2v) is 7.79. The molecule has 2 aliphatic heterocycles. The average molecular weight is 384 g/mol. The van der Waals surface area contributed by atoms with Gasteiger partial charge >= 0.3 is 0 Å². The van der Waals surface area contributed by atoms with Crippen LogP contribution in [0, 0.1) is 5.92 Å². The largest absolute Gasteiger partial charge is 0.330 e. The number of carbonyl (C=O) groups excluding carboxylic acids is 2. The summed E-state index contributed by atoms with van der Waals surface area (Å²) in [6, 6.07) is 4.84. The SMILES string of the molecule is C[C@H]1C[C@@H](C(=O)N2CCCC2C(=O)Nc2cc(Cl)cc(Cl)c2)CCN1. The Labute approximate surface area is 158 Å². The highest BCUT2D eigenvalue weighted by molar-refractivity contribution is 6.35. The Kier molecular flexibility index (Phi) is 5.87. The molecule has 2 N–H and O–H groups in total. The Morgan fingerprint density at radius 3 is 2.60 bits per heavy atom. The molecule has 2 fully saturated rings.